The highest BCUT2D eigenvalue weighted by atomic mass is 15.0. The van der Waals surface area contributed by atoms with E-state index in [-0.39, 0.29) is 0 Å². The van der Waals surface area contributed by atoms with Crippen molar-refractivity contribution in [2.45, 2.75) is 32.9 Å². The van der Waals surface area contributed by atoms with Crippen LogP contribution in [0.4, 0.5) is 0 Å². The van der Waals surface area contributed by atoms with Crippen molar-refractivity contribution in [2.24, 2.45) is 5.92 Å². The molecule has 26 heavy (non-hydrogen) atoms. The number of aryl methyl sites for hydroxylation is 1. The lowest BCUT2D eigenvalue weighted by Crippen LogP contribution is -2.33. The average Bonchev–Trinajstić information content (AvgIpc) is 3.02. The van der Waals surface area contributed by atoms with E-state index < -0.39 is 0 Å². The van der Waals surface area contributed by atoms with Gasteiger partial charge in [-0.1, -0.05) is 48.0 Å². The number of para-hydroxylation sites is 1. The third-order valence-corrected chi connectivity index (χ3v) is 5.55. The Hall–Kier alpha value is -2.10. The molecule has 0 radical (unpaired) electrons. The molecule has 1 aromatic heterocycles. The molecule has 1 fully saturated rings. The molecule has 2 heterocycles. The molecule has 0 aliphatic carbocycles. The minimum atomic E-state index is 0.817. The molecule has 1 aliphatic heterocycles. The van der Waals surface area contributed by atoms with Crippen LogP contribution in [0.3, 0.4) is 0 Å². The zero-order valence-corrected chi connectivity index (χ0v) is 15.7. The summed E-state index contributed by atoms with van der Waals surface area (Å²) in [6.07, 6.45) is 4.92. The van der Waals surface area contributed by atoms with Gasteiger partial charge in [0.2, 0.25) is 0 Å². The lowest BCUT2D eigenvalue weighted by molar-refractivity contribution is 0.356. The van der Waals surface area contributed by atoms with Crippen LogP contribution in [-0.2, 0) is 13.1 Å². The van der Waals surface area contributed by atoms with Crippen LogP contribution in [-0.4, -0.2) is 24.2 Å². The van der Waals surface area contributed by atoms with E-state index in [1.165, 1.54) is 53.5 Å². The maximum atomic E-state index is 3.71. The van der Waals surface area contributed by atoms with Gasteiger partial charge in [-0.2, -0.15) is 0 Å². The molecule has 3 aromatic rings. The van der Waals surface area contributed by atoms with Crippen LogP contribution in [0, 0.1) is 12.8 Å². The van der Waals surface area contributed by atoms with Gasteiger partial charge in [-0.3, -0.25) is 0 Å². The first-order valence-electron chi connectivity index (χ1n) is 9.83. The van der Waals surface area contributed by atoms with Crippen molar-refractivity contribution in [1.29, 1.82) is 0 Å². The van der Waals surface area contributed by atoms with Gasteiger partial charge in [0.05, 0.1) is 0 Å². The molecular weight excluding hydrogens is 318 g/mol. The Labute approximate surface area is 156 Å². The molecule has 1 saturated heterocycles. The van der Waals surface area contributed by atoms with E-state index in [9.17, 15) is 0 Å². The molecule has 4 rings (SSSR count). The van der Waals surface area contributed by atoms with Crippen LogP contribution in [0.1, 0.15) is 29.5 Å². The maximum absolute atomic E-state index is 3.71. The summed E-state index contributed by atoms with van der Waals surface area (Å²) in [5.74, 6) is 0.817. The van der Waals surface area contributed by atoms with Crippen molar-refractivity contribution >= 4 is 10.9 Å². The smallest absolute Gasteiger partial charge is 0.0486 e. The second kappa shape index (κ2) is 8.07. The molecule has 3 heteroatoms. The molecule has 0 bridgehead atoms. The van der Waals surface area contributed by atoms with E-state index in [0.29, 0.717) is 0 Å². The van der Waals surface area contributed by atoms with Gasteiger partial charge in [-0.15, -0.1) is 0 Å². The first-order valence-corrected chi connectivity index (χ1v) is 9.83. The predicted molar refractivity (Wildman–Crippen MR) is 110 cm³/mol. The van der Waals surface area contributed by atoms with E-state index in [1.807, 2.05) is 0 Å². The van der Waals surface area contributed by atoms with Crippen molar-refractivity contribution < 1.29 is 0 Å². The molecule has 0 amide bonds. The largest absolute Gasteiger partial charge is 0.343 e. The fourth-order valence-electron chi connectivity index (χ4n) is 3.98. The molecule has 2 aromatic carbocycles. The summed E-state index contributed by atoms with van der Waals surface area (Å²) in [6, 6.07) is 17.6. The highest BCUT2D eigenvalue weighted by molar-refractivity contribution is 5.84. The standard InChI is InChI=1S/C23H29N3/c1-18-6-8-20(9-7-18)16-26-17-21(22-4-2-3-5-23(22)26)15-25-14-19-10-12-24-13-11-19/h2-9,17,19,24-25H,10-16H2,1H3. The van der Waals surface area contributed by atoms with Gasteiger partial charge in [0.25, 0.3) is 0 Å². The van der Waals surface area contributed by atoms with Gasteiger partial charge in [0.1, 0.15) is 0 Å². The molecular formula is C23H29N3. The summed E-state index contributed by atoms with van der Waals surface area (Å²) >= 11 is 0. The Morgan fingerprint density at radius 3 is 2.62 bits per heavy atom. The van der Waals surface area contributed by atoms with E-state index >= 15 is 0 Å². The first-order chi connectivity index (χ1) is 12.8. The zero-order valence-electron chi connectivity index (χ0n) is 15.7. The summed E-state index contributed by atoms with van der Waals surface area (Å²) in [6.45, 7) is 7.48. The molecule has 1 aliphatic rings. The van der Waals surface area contributed by atoms with E-state index in [4.69, 9.17) is 0 Å². The van der Waals surface area contributed by atoms with Gasteiger partial charge in [0.15, 0.2) is 0 Å². The number of nitrogens with zero attached hydrogens (tertiary/aromatic N) is 1. The van der Waals surface area contributed by atoms with Crippen LogP contribution in [0.25, 0.3) is 10.9 Å². The van der Waals surface area contributed by atoms with Crippen LogP contribution in [0.5, 0.6) is 0 Å². The summed E-state index contributed by atoms with van der Waals surface area (Å²) < 4.78 is 2.39. The highest BCUT2D eigenvalue weighted by Gasteiger charge is 2.13. The van der Waals surface area contributed by atoms with Gasteiger partial charge in [0, 0.05) is 30.2 Å². The lowest BCUT2D eigenvalue weighted by Gasteiger charge is -2.22. The molecule has 0 saturated carbocycles. The summed E-state index contributed by atoms with van der Waals surface area (Å²) in [5, 5.41) is 8.53. The van der Waals surface area contributed by atoms with Crippen molar-refractivity contribution in [3.05, 3.63) is 71.4 Å². The molecule has 3 nitrogen and oxygen atoms in total. The topological polar surface area (TPSA) is 29.0 Å². The zero-order chi connectivity index (χ0) is 17.8. The van der Waals surface area contributed by atoms with Crippen molar-refractivity contribution in [3.8, 4) is 0 Å². The number of rotatable bonds is 6. The number of hydrogen-bond donors (Lipinski definition) is 2. The van der Waals surface area contributed by atoms with E-state index in [2.05, 4.69) is 76.9 Å². The Bertz CT molecular complexity index is 842. The molecule has 0 atom stereocenters. The summed E-state index contributed by atoms with van der Waals surface area (Å²) in [5.41, 5.74) is 5.40. The Morgan fingerprint density at radius 2 is 1.81 bits per heavy atom. The monoisotopic (exact) mass is 347 g/mol. The average molecular weight is 348 g/mol. The third kappa shape index (κ3) is 4.00. The fourth-order valence-corrected chi connectivity index (χ4v) is 3.98. The number of hydrogen-bond acceptors (Lipinski definition) is 2. The maximum Gasteiger partial charge on any atom is 0.0486 e. The second-order valence-electron chi connectivity index (χ2n) is 7.61. The number of benzene rings is 2. The minimum absolute atomic E-state index is 0.817. The van der Waals surface area contributed by atoms with Gasteiger partial charge >= 0.3 is 0 Å². The van der Waals surface area contributed by atoms with Crippen molar-refractivity contribution in [1.82, 2.24) is 15.2 Å². The molecule has 0 unspecified atom stereocenters. The molecule has 136 valence electrons. The van der Waals surface area contributed by atoms with Crippen LogP contribution >= 0.6 is 0 Å². The Kier molecular flexibility index (Phi) is 5.37. The second-order valence-corrected chi connectivity index (χ2v) is 7.61. The van der Waals surface area contributed by atoms with E-state index in [1.54, 1.807) is 0 Å². The van der Waals surface area contributed by atoms with Gasteiger partial charge in [-0.05, 0) is 62.5 Å². The van der Waals surface area contributed by atoms with Crippen molar-refractivity contribution in [2.75, 3.05) is 19.6 Å². The molecule has 0 spiro atoms. The number of piperidine rings is 1. The van der Waals surface area contributed by atoms with E-state index in [0.717, 1.165) is 25.6 Å². The number of nitrogens with one attached hydrogen (secondary N) is 2. The Morgan fingerprint density at radius 1 is 1.04 bits per heavy atom. The third-order valence-electron chi connectivity index (χ3n) is 5.55. The normalized spacial score (nSPS) is 15.6. The number of aromatic nitrogens is 1. The summed E-state index contributed by atoms with van der Waals surface area (Å²) in [4.78, 5) is 0. The number of fused-ring (bicyclic) bond motifs is 1. The summed E-state index contributed by atoms with van der Waals surface area (Å²) in [7, 11) is 0. The lowest BCUT2D eigenvalue weighted by atomic mass is 9.98. The van der Waals surface area contributed by atoms with Gasteiger partial charge < -0.3 is 15.2 Å². The SMILES string of the molecule is Cc1ccc(Cn2cc(CNCC3CCNCC3)c3ccccc32)cc1. The predicted octanol–water partition coefficient (Wildman–Crippen LogP) is 4.09. The van der Waals surface area contributed by atoms with Crippen LogP contribution in [0.2, 0.25) is 0 Å². The molecule has 2 N–H and O–H groups in total. The highest BCUT2D eigenvalue weighted by Crippen LogP contribution is 2.23. The Balaban J connectivity index is 1.49. The van der Waals surface area contributed by atoms with Gasteiger partial charge in [-0.25, -0.2) is 0 Å². The fraction of sp³-hybridized carbons (Fsp3) is 0.391. The minimum Gasteiger partial charge on any atom is -0.343 e. The van der Waals surface area contributed by atoms with Crippen molar-refractivity contribution in [3.63, 3.8) is 0 Å². The first kappa shape index (κ1) is 17.3. The van der Waals surface area contributed by atoms with Crippen LogP contribution in [0.15, 0.2) is 54.7 Å². The van der Waals surface area contributed by atoms with Crippen LogP contribution < -0.4 is 10.6 Å². The quantitative estimate of drug-likeness (QED) is 0.703.